The minimum Gasteiger partial charge on any atom is -0.290 e. The normalized spacial score (nSPS) is 12.3. The molecule has 0 N–H and O–H groups in total. The van der Waals surface area contributed by atoms with Crippen molar-refractivity contribution in [1.82, 2.24) is 14.4 Å². The van der Waals surface area contributed by atoms with Crippen molar-refractivity contribution in [3.8, 4) is 0 Å². The van der Waals surface area contributed by atoms with Gasteiger partial charge < -0.3 is 0 Å². The fourth-order valence-corrected chi connectivity index (χ4v) is 5.58. The Bertz CT molecular complexity index is 1720. The molecule has 0 saturated heterocycles. The molecule has 4 heteroatoms. The second-order valence-electron chi connectivity index (χ2n) is 7.09. The van der Waals surface area contributed by atoms with Crippen molar-refractivity contribution < 1.29 is 0 Å². The molecule has 7 aromatic rings. The minimum absolute atomic E-state index is 1.01. The molecule has 0 spiro atoms. The van der Waals surface area contributed by atoms with Crippen LogP contribution in [0.4, 0.5) is 0 Å². The number of hydrogen-bond donors (Lipinski definition) is 0. The van der Waals surface area contributed by atoms with Gasteiger partial charge in [0.05, 0.1) is 22.1 Å². The van der Waals surface area contributed by atoms with Crippen LogP contribution in [0.5, 0.6) is 0 Å². The van der Waals surface area contributed by atoms with E-state index in [1.54, 1.807) is 0 Å². The number of rotatable bonds is 0. The smallest absolute Gasteiger partial charge is 0.147 e. The van der Waals surface area contributed by atoms with Gasteiger partial charge in [-0.05, 0) is 36.4 Å². The van der Waals surface area contributed by atoms with E-state index in [9.17, 15) is 0 Å². The lowest BCUT2D eigenvalue weighted by molar-refractivity contribution is 1.29. The van der Waals surface area contributed by atoms with Crippen molar-refractivity contribution in [3.05, 3.63) is 79.0 Å². The third kappa shape index (κ3) is 1.69. The predicted octanol–water partition coefficient (Wildman–Crippen LogP) is 6.56. The maximum absolute atomic E-state index is 5.07. The molecule has 4 aromatic heterocycles. The van der Waals surface area contributed by atoms with Crippen LogP contribution < -0.4 is 0 Å². The SMILES string of the molecule is c1ccc2c(c1)nc1c3c(ccc4sc5ccccc5c43)c3ncccc3n21. The molecule has 7 rings (SSSR count). The number of aromatic nitrogens is 3. The Morgan fingerprint density at radius 3 is 2.54 bits per heavy atom. The molecule has 0 aliphatic rings. The lowest BCUT2D eigenvalue weighted by atomic mass is 10.0. The fourth-order valence-electron chi connectivity index (χ4n) is 4.47. The number of nitrogens with zero attached hydrogens (tertiary/aromatic N) is 3. The maximum Gasteiger partial charge on any atom is 0.147 e. The van der Waals surface area contributed by atoms with E-state index in [2.05, 4.69) is 65.1 Å². The second kappa shape index (κ2) is 5.06. The van der Waals surface area contributed by atoms with Gasteiger partial charge in [0.25, 0.3) is 0 Å². The first-order valence-corrected chi connectivity index (χ1v) is 10.1. The third-order valence-electron chi connectivity index (χ3n) is 5.61. The van der Waals surface area contributed by atoms with Crippen LogP contribution in [0.1, 0.15) is 0 Å². The third-order valence-corrected chi connectivity index (χ3v) is 6.75. The van der Waals surface area contributed by atoms with Crippen LogP contribution in [-0.4, -0.2) is 14.4 Å². The van der Waals surface area contributed by atoms with Crippen LogP contribution >= 0.6 is 11.3 Å². The molecule has 3 nitrogen and oxygen atoms in total. The molecule has 0 radical (unpaired) electrons. The Balaban J connectivity index is 1.93. The number of fused-ring (bicyclic) bond motifs is 12. The number of thiophene rings is 1. The number of pyridine rings is 2. The highest BCUT2D eigenvalue weighted by molar-refractivity contribution is 7.26. The van der Waals surface area contributed by atoms with Crippen molar-refractivity contribution in [2.24, 2.45) is 0 Å². The van der Waals surface area contributed by atoms with Crippen LogP contribution in [0.15, 0.2) is 79.0 Å². The monoisotopic (exact) mass is 375 g/mol. The van der Waals surface area contributed by atoms with E-state index in [0.29, 0.717) is 0 Å². The van der Waals surface area contributed by atoms with E-state index in [-0.39, 0.29) is 0 Å². The standard InChI is InChI=1S/C24H13N3S/c1-4-10-19-14(6-1)21-20(28-19)12-11-15-22(21)24-26-16-7-2-3-8-17(16)27(24)18-9-5-13-25-23(15)18/h1-13H. The van der Waals surface area contributed by atoms with E-state index in [4.69, 9.17) is 9.97 Å². The summed E-state index contributed by atoms with van der Waals surface area (Å²) < 4.78 is 4.87. The van der Waals surface area contributed by atoms with Gasteiger partial charge in [-0.25, -0.2) is 4.98 Å². The Morgan fingerprint density at radius 2 is 1.54 bits per heavy atom. The summed E-state index contributed by atoms with van der Waals surface area (Å²) in [5, 5.41) is 4.93. The zero-order valence-electron chi connectivity index (χ0n) is 14.8. The van der Waals surface area contributed by atoms with Crippen LogP contribution in [0.3, 0.4) is 0 Å². The summed E-state index contributed by atoms with van der Waals surface area (Å²) in [7, 11) is 0. The van der Waals surface area contributed by atoms with Gasteiger partial charge in [0, 0.05) is 37.1 Å². The van der Waals surface area contributed by atoms with Crippen LogP contribution in [0, 0.1) is 0 Å². The zero-order valence-corrected chi connectivity index (χ0v) is 15.6. The van der Waals surface area contributed by atoms with Gasteiger partial charge in [-0.15, -0.1) is 11.3 Å². The summed E-state index contributed by atoms with van der Waals surface area (Å²) in [5.41, 5.74) is 5.25. The molecule has 0 saturated carbocycles. The number of para-hydroxylation sites is 2. The molecule has 0 bridgehead atoms. The Morgan fingerprint density at radius 1 is 0.679 bits per heavy atom. The molecule has 0 amide bonds. The highest BCUT2D eigenvalue weighted by Gasteiger charge is 2.18. The Kier molecular flexibility index (Phi) is 2.63. The van der Waals surface area contributed by atoms with E-state index < -0.39 is 0 Å². The summed E-state index contributed by atoms with van der Waals surface area (Å²) in [6, 6.07) is 25.6. The maximum atomic E-state index is 5.07. The minimum atomic E-state index is 1.01. The average Bonchev–Trinajstić information content (AvgIpc) is 3.32. The van der Waals surface area contributed by atoms with Crippen molar-refractivity contribution in [2.75, 3.05) is 0 Å². The van der Waals surface area contributed by atoms with E-state index >= 15 is 0 Å². The number of hydrogen-bond acceptors (Lipinski definition) is 3. The summed E-state index contributed by atoms with van der Waals surface area (Å²) in [6.07, 6.45) is 1.88. The molecule has 0 aliphatic carbocycles. The molecule has 0 aliphatic heterocycles. The molecule has 4 heterocycles. The van der Waals surface area contributed by atoms with Gasteiger partial charge in [0.2, 0.25) is 0 Å². The highest BCUT2D eigenvalue weighted by atomic mass is 32.1. The van der Waals surface area contributed by atoms with E-state index in [0.717, 1.165) is 33.1 Å². The van der Waals surface area contributed by atoms with E-state index in [1.165, 1.54) is 25.6 Å². The van der Waals surface area contributed by atoms with Gasteiger partial charge in [-0.1, -0.05) is 36.4 Å². The lowest BCUT2D eigenvalue weighted by Gasteiger charge is -2.09. The van der Waals surface area contributed by atoms with Gasteiger partial charge in [-0.3, -0.25) is 9.38 Å². The average molecular weight is 375 g/mol. The molecule has 0 atom stereocenters. The van der Waals surface area contributed by atoms with Gasteiger partial charge in [-0.2, -0.15) is 0 Å². The quantitative estimate of drug-likeness (QED) is 0.281. The Labute approximate surface area is 163 Å². The molecule has 130 valence electrons. The summed E-state index contributed by atoms with van der Waals surface area (Å²) in [4.78, 5) is 9.84. The molecular weight excluding hydrogens is 362 g/mol. The molecule has 0 fully saturated rings. The molecular formula is C24H13N3S. The van der Waals surface area contributed by atoms with Gasteiger partial charge in [0.15, 0.2) is 0 Å². The van der Waals surface area contributed by atoms with Crippen molar-refractivity contribution in [3.63, 3.8) is 0 Å². The van der Waals surface area contributed by atoms with Crippen molar-refractivity contribution >= 4 is 70.0 Å². The fraction of sp³-hybridized carbons (Fsp3) is 0. The van der Waals surface area contributed by atoms with E-state index in [1.807, 2.05) is 29.7 Å². The van der Waals surface area contributed by atoms with Crippen LogP contribution in [0.25, 0.3) is 58.7 Å². The Hall–Kier alpha value is -3.50. The largest absolute Gasteiger partial charge is 0.290 e. The first-order valence-electron chi connectivity index (χ1n) is 9.28. The predicted molar refractivity (Wildman–Crippen MR) is 118 cm³/mol. The second-order valence-corrected chi connectivity index (χ2v) is 8.17. The lowest BCUT2D eigenvalue weighted by Crippen LogP contribution is -1.93. The molecule has 3 aromatic carbocycles. The summed E-state index contributed by atoms with van der Waals surface area (Å²) in [6.45, 7) is 0. The number of benzene rings is 3. The number of imidazole rings is 1. The zero-order chi connectivity index (χ0) is 18.2. The van der Waals surface area contributed by atoms with Crippen molar-refractivity contribution in [1.29, 1.82) is 0 Å². The summed E-state index contributed by atoms with van der Waals surface area (Å²) in [5.74, 6) is 0. The first kappa shape index (κ1) is 14.5. The van der Waals surface area contributed by atoms with Gasteiger partial charge >= 0.3 is 0 Å². The topological polar surface area (TPSA) is 30.2 Å². The van der Waals surface area contributed by atoms with Crippen LogP contribution in [0.2, 0.25) is 0 Å². The molecule has 28 heavy (non-hydrogen) atoms. The van der Waals surface area contributed by atoms with Crippen LogP contribution in [-0.2, 0) is 0 Å². The van der Waals surface area contributed by atoms with Crippen molar-refractivity contribution in [2.45, 2.75) is 0 Å². The molecule has 0 unspecified atom stereocenters. The first-order chi connectivity index (χ1) is 13.9. The summed E-state index contributed by atoms with van der Waals surface area (Å²) >= 11 is 1.84. The highest BCUT2D eigenvalue weighted by Crippen LogP contribution is 2.42. The van der Waals surface area contributed by atoms with Gasteiger partial charge in [0.1, 0.15) is 5.65 Å².